The third-order valence-electron chi connectivity index (χ3n) is 3.28. The van der Waals surface area contributed by atoms with E-state index in [9.17, 15) is 5.11 Å². The quantitative estimate of drug-likeness (QED) is 0.768. The van der Waals surface area contributed by atoms with Gasteiger partial charge in [0.15, 0.2) is 0 Å². The Labute approximate surface area is 84.7 Å². The first-order valence-electron chi connectivity index (χ1n) is 5.21. The SMILES string of the molecule is CCC1CC1(N)Cc1ccccc1O. The number of para-hydroxylation sites is 1. The summed E-state index contributed by atoms with van der Waals surface area (Å²) in [5, 5.41) is 9.61. The predicted molar refractivity (Wildman–Crippen MR) is 57.1 cm³/mol. The second-order valence-corrected chi connectivity index (χ2v) is 4.35. The van der Waals surface area contributed by atoms with Crippen molar-refractivity contribution in [3.63, 3.8) is 0 Å². The van der Waals surface area contributed by atoms with Gasteiger partial charge < -0.3 is 10.8 Å². The zero-order valence-corrected chi connectivity index (χ0v) is 8.53. The smallest absolute Gasteiger partial charge is 0.118 e. The molecule has 2 nitrogen and oxygen atoms in total. The van der Waals surface area contributed by atoms with Gasteiger partial charge in [-0.25, -0.2) is 0 Å². The summed E-state index contributed by atoms with van der Waals surface area (Å²) in [6.07, 6.45) is 3.04. The molecule has 0 aliphatic heterocycles. The lowest BCUT2D eigenvalue weighted by atomic mass is 10.0. The van der Waals surface area contributed by atoms with Crippen LogP contribution in [0.1, 0.15) is 25.3 Å². The molecule has 14 heavy (non-hydrogen) atoms. The monoisotopic (exact) mass is 191 g/mol. The van der Waals surface area contributed by atoms with Gasteiger partial charge in [0.25, 0.3) is 0 Å². The number of hydrogen-bond acceptors (Lipinski definition) is 2. The van der Waals surface area contributed by atoms with Gasteiger partial charge in [-0.2, -0.15) is 0 Å². The molecule has 0 heterocycles. The second-order valence-electron chi connectivity index (χ2n) is 4.35. The highest BCUT2D eigenvalue weighted by Gasteiger charge is 2.49. The van der Waals surface area contributed by atoms with Crippen LogP contribution in [0.3, 0.4) is 0 Å². The van der Waals surface area contributed by atoms with E-state index in [1.807, 2.05) is 18.2 Å². The van der Waals surface area contributed by atoms with Gasteiger partial charge in [-0.3, -0.25) is 0 Å². The Hall–Kier alpha value is -1.02. The van der Waals surface area contributed by atoms with E-state index in [1.165, 1.54) is 0 Å². The van der Waals surface area contributed by atoms with Crippen molar-refractivity contribution in [2.75, 3.05) is 0 Å². The summed E-state index contributed by atoms with van der Waals surface area (Å²) in [4.78, 5) is 0. The maximum Gasteiger partial charge on any atom is 0.118 e. The number of nitrogens with two attached hydrogens (primary N) is 1. The van der Waals surface area contributed by atoms with Gasteiger partial charge in [0, 0.05) is 5.54 Å². The average Bonchev–Trinajstić information content (AvgIpc) is 2.81. The number of rotatable bonds is 3. The summed E-state index contributed by atoms with van der Waals surface area (Å²) in [5.41, 5.74) is 7.12. The summed E-state index contributed by atoms with van der Waals surface area (Å²) in [7, 11) is 0. The van der Waals surface area contributed by atoms with E-state index in [0.717, 1.165) is 24.8 Å². The third kappa shape index (κ3) is 1.62. The number of hydrogen-bond donors (Lipinski definition) is 2. The fourth-order valence-electron chi connectivity index (χ4n) is 2.18. The van der Waals surface area contributed by atoms with Crippen molar-refractivity contribution in [3.8, 4) is 5.75 Å². The molecule has 0 radical (unpaired) electrons. The van der Waals surface area contributed by atoms with Crippen molar-refractivity contribution in [3.05, 3.63) is 29.8 Å². The fourth-order valence-corrected chi connectivity index (χ4v) is 2.18. The van der Waals surface area contributed by atoms with Gasteiger partial charge in [0.05, 0.1) is 0 Å². The van der Waals surface area contributed by atoms with Crippen molar-refractivity contribution < 1.29 is 5.11 Å². The van der Waals surface area contributed by atoms with Crippen LogP contribution >= 0.6 is 0 Å². The summed E-state index contributed by atoms with van der Waals surface area (Å²) >= 11 is 0. The Morgan fingerprint density at radius 1 is 1.50 bits per heavy atom. The number of benzene rings is 1. The van der Waals surface area contributed by atoms with E-state index < -0.39 is 0 Å². The fraction of sp³-hybridized carbons (Fsp3) is 0.500. The third-order valence-corrected chi connectivity index (χ3v) is 3.28. The molecule has 2 atom stereocenters. The summed E-state index contributed by atoms with van der Waals surface area (Å²) in [6.45, 7) is 2.17. The van der Waals surface area contributed by atoms with E-state index in [2.05, 4.69) is 6.92 Å². The van der Waals surface area contributed by atoms with Crippen LogP contribution in [-0.2, 0) is 6.42 Å². The maximum atomic E-state index is 9.61. The Balaban J connectivity index is 2.09. The molecule has 1 aliphatic rings. The van der Waals surface area contributed by atoms with Crippen molar-refractivity contribution in [2.24, 2.45) is 11.7 Å². The lowest BCUT2D eigenvalue weighted by Crippen LogP contribution is -2.27. The number of phenols is 1. The number of aromatic hydroxyl groups is 1. The van der Waals surface area contributed by atoms with Crippen LogP contribution in [0.2, 0.25) is 0 Å². The predicted octanol–water partition coefficient (Wildman–Crippen LogP) is 2.06. The minimum Gasteiger partial charge on any atom is -0.508 e. The van der Waals surface area contributed by atoms with Gasteiger partial charge in [-0.15, -0.1) is 0 Å². The van der Waals surface area contributed by atoms with Gasteiger partial charge in [0.1, 0.15) is 5.75 Å². The molecule has 76 valence electrons. The topological polar surface area (TPSA) is 46.2 Å². The van der Waals surface area contributed by atoms with E-state index in [0.29, 0.717) is 11.7 Å². The summed E-state index contributed by atoms with van der Waals surface area (Å²) < 4.78 is 0. The lowest BCUT2D eigenvalue weighted by Gasteiger charge is -2.11. The highest BCUT2D eigenvalue weighted by molar-refractivity contribution is 5.34. The average molecular weight is 191 g/mol. The molecular weight excluding hydrogens is 174 g/mol. The first-order valence-corrected chi connectivity index (χ1v) is 5.21. The molecule has 2 unspecified atom stereocenters. The van der Waals surface area contributed by atoms with E-state index in [1.54, 1.807) is 6.07 Å². The molecule has 2 rings (SSSR count). The van der Waals surface area contributed by atoms with Gasteiger partial charge in [0.2, 0.25) is 0 Å². The molecule has 1 fully saturated rings. The minimum atomic E-state index is -0.0480. The largest absolute Gasteiger partial charge is 0.508 e. The molecule has 0 aromatic heterocycles. The second kappa shape index (κ2) is 3.28. The standard InChI is InChI=1S/C12H17NO/c1-2-10-8-12(10,13)7-9-5-3-4-6-11(9)14/h3-6,10,14H,2,7-8,13H2,1H3. The van der Waals surface area contributed by atoms with Crippen molar-refractivity contribution in [1.82, 2.24) is 0 Å². The molecule has 3 N–H and O–H groups in total. The molecule has 1 aromatic carbocycles. The summed E-state index contributed by atoms with van der Waals surface area (Å²) in [6, 6.07) is 7.46. The summed E-state index contributed by atoms with van der Waals surface area (Å²) in [5.74, 6) is 1.01. The van der Waals surface area contributed by atoms with Gasteiger partial charge >= 0.3 is 0 Å². The first-order chi connectivity index (χ1) is 6.65. The van der Waals surface area contributed by atoms with Crippen LogP contribution < -0.4 is 5.73 Å². The zero-order valence-electron chi connectivity index (χ0n) is 8.53. The Morgan fingerprint density at radius 3 is 2.79 bits per heavy atom. The van der Waals surface area contributed by atoms with Crippen molar-refractivity contribution >= 4 is 0 Å². The lowest BCUT2D eigenvalue weighted by molar-refractivity contribution is 0.460. The van der Waals surface area contributed by atoms with Crippen LogP contribution in [0.15, 0.2) is 24.3 Å². The zero-order chi connectivity index (χ0) is 10.2. The molecule has 0 amide bonds. The molecule has 2 heteroatoms. The molecule has 1 aromatic rings. The van der Waals surface area contributed by atoms with Crippen LogP contribution in [0, 0.1) is 5.92 Å². The van der Waals surface area contributed by atoms with E-state index in [4.69, 9.17) is 5.73 Å². The van der Waals surface area contributed by atoms with Crippen LogP contribution in [0.5, 0.6) is 5.75 Å². The maximum absolute atomic E-state index is 9.61. The Kier molecular flexibility index (Phi) is 2.23. The molecular formula is C12H17NO. The van der Waals surface area contributed by atoms with Crippen LogP contribution in [-0.4, -0.2) is 10.6 Å². The highest BCUT2D eigenvalue weighted by atomic mass is 16.3. The van der Waals surface area contributed by atoms with Crippen molar-refractivity contribution in [2.45, 2.75) is 31.7 Å². The van der Waals surface area contributed by atoms with Crippen LogP contribution in [0.25, 0.3) is 0 Å². The van der Waals surface area contributed by atoms with Crippen molar-refractivity contribution in [1.29, 1.82) is 0 Å². The highest BCUT2D eigenvalue weighted by Crippen LogP contribution is 2.46. The minimum absolute atomic E-state index is 0.0480. The van der Waals surface area contributed by atoms with E-state index in [-0.39, 0.29) is 5.54 Å². The van der Waals surface area contributed by atoms with Gasteiger partial charge in [-0.05, 0) is 30.4 Å². The van der Waals surface area contributed by atoms with Crippen LogP contribution in [0.4, 0.5) is 0 Å². The molecule has 0 bridgehead atoms. The Morgan fingerprint density at radius 2 is 2.21 bits per heavy atom. The normalized spacial score (nSPS) is 30.3. The first kappa shape index (κ1) is 9.53. The molecule has 1 saturated carbocycles. The van der Waals surface area contributed by atoms with Gasteiger partial charge in [-0.1, -0.05) is 31.5 Å². The molecule has 0 saturated heterocycles. The number of phenolic OH excluding ortho intramolecular Hbond substituents is 1. The Bertz CT molecular complexity index is 337. The van der Waals surface area contributed by atoms with E-state index >= 15 is 0 Å². The molecule has 1 aliphatic carbocycles. The molecule has 0 spiro atoms.